The van der Waals surface area contributed by atoms with Crippen molar-refractivity contribution in [2.75, 3.05) is 31.1 Å². The molecular formula is C21H19N5O2. The summed E-state index contributed by atoms with van der Waals surface area (Å²) in [7, 11) is 4.05. The Morgan fingerprint density at radius 3 is 2.68 bits per heavy atom. The first kappa shape index (κ1) is 16.4. The average molecular weight is 373 g/mol. The van der Waals surface area contributed by atoms with E-state index >= 15 is 0 Å². The third-order valence-electron chi connectivity index (χ3n) is 4.72. The van der Waals surface area contributed by atoms with Crippen LogP contribution in [0.2, 0.25) is 0 Å². The number of rotatable bonds is 4. The predicted octanol–water partition coefficient (Wildman–Crippen LogP) is 3.93. The molecule has 5 rings (SSSR count). The molecule has 1 aliphatic rings. The van der Waals surface area contributed by atoms with Crippen molar-refractivity contribution < 1.29 is 9.47 Å². The summed E-state index contributed by atoms with van der Waals surface area (Å²) in [5, 5.41) is 3.49. The Morgan fingerprint density at radius 1 is 1.04 bits per heavy atom. The number of anilines is 3. The topological polar surface area (TPSA) is 63.9 Å². The molecule has 0 saturated heterocycles. The summed E-state index contributed by atoms with van der Waals surface area (Å²) in [5.74, 6) is 2.36. The third kappa shape index (κ3) is 2.77. The van der Waals surface area contributed by atoms with Crippen LogP contribution < -0.4 is 19.7 Å². The van der Waals surface area contributed by atoms with E-state index in [1.54, 1.807) is 12.4 Å². The fraction of sp³-hybridized carbons (Fsp3) is 0.143. The molecule has 7 heteroatoms. The van der Waals surface area contributed by atoms with Crippen molar-refractivity contribution in [2.45, 2.75) is 0 Å². The van der Waals surface area contributed by atoms with Gasteiger partial charge < -0.3 is 19.7 Å². The van der Waals surface area contributed by atoms with Gasteiger partial charge in [0.15, 0.2) is 17.1 Å². The molecule has 7 nitrogen and oxygen atoms in total. The first-order valence-corrected chi connectivity index (χ1v) is 8.95. The lowest BCUT2D eigenvalue weighted by molar-refractivity contribution is 0.174. The first-order chi connectivity index (χ1) is 13.7. The third-order valence-corrected chi connectivity index (χ3v) is 4.72. The molecule has 0 bridgehead atoms. The number of benzene rings is 2. The van der Waals surface area contributed by atoms with Crippen LogP contribution in [-0.4, -0.2) is 35.3 Å². The van der Waals surface area contributed by atoms with E-state index in [9.17, 15) is 0 Å². The number of nitrogens with one attached hydrogen (secondary N) is 1. The Labute approximate surface area is 162 Å². The minimum Gasteiger partial charge on any atom is -0.454 e. The summed E-state index contributed by atoms with van der Waals surface area (Å²) < 4.78 is 12.9. The number of aromatic nitrogens is 3. The Hall–Kier alpha value is -3.74. The van der Waals surface area contributed by atoms with Gasteiger partial charge in [-0.05, 0) is 24.3 Å². The molecule has 4 aromatic rings. The minimum atomic E-state index is 0.254. The van der Waals surface area contributed by atoms with Crippen LogP contribution in [-0.2, 0) is 0 Å². The summed E-state index contributed by atoms with van der Waals surface area (Å²) in [6.45, 7) is 0.254. The molecule has 28 heavy (non-hydrogen) atoms. The second kappa shape index (κ2) is 6.45. The minimum absolute atomic E-state index is 0.254. The average Bonchev–Trinajstić information content (AvgIpc) is 3.33. The fourth-order valence-corrected chi connectivity index (χ4v) is 3.26. The van der Waals surface area contributed by atoms with E-state index in [0.717, 1.165) is 45.6 Å². The standard InChI is InChI=1S/C21H19N5O2/c1-25(2)16-6-3-14(4-7-16)20-21(26-10-9-22-12-19(26)24-20)23-15-5-8-17-18(11-15)28-13-27-17/h3-12,23H,13H2,1-2H3. The summed E-state index contributed by atoms with van der Waals surface area (Å²) in [6.07, 6.45) is 5.40. The van der Waals surface area contributed by atoms with E-state index in [1.165, 1.54) is 0 Å². The highest BCUT2D eigenvalue weighted by Gasteiger charge is 2.17. The van der Waals surface area contributed by atoms with Crippen molar-refractivity contribution >= 4 is 22.8 Å². The number of hydrogen-bond donors (Lipinski definition) is 1. The second-order valence-corrected chi connectivity index (χ2v) is 6.75. The summed E-state index contributed by atoms with van der Waals surface area (Å²) in [6, 6.07) is 14.1. The lowest BCUT2D eigenvalue weighted by Crippen LogP contribution is -2.07. The molecule has 0 spiro atoms. The number of ether oxygens (including phenoxy) is 2. The van der Waals surface area contributed by atoms with Crippen LogP contribution in [0.4, 0.5) is 17.2 Å². The van der Waals surface area contributed by atoms with Crippen molar-refractivity contribution in [3.05, 3.63) is 61.1 Å². The zero-order valence-corrected chi connectivity index (χ0v) is 15.6. The Morgan fingerprint density at radius 2 is 1.86 bits per heavy atom. The van der Waals surface area contributed by atoms with Crippen molar-refractivity contribution in [1.29, 1.82) is 0 Å². The van der Waals surface area contributed by atoms with Crippen molar-refractivity contribution in [2.24, 2.45) is 0 Å². The van der Waals surface area contributed by atoms with E-state index in [2.05, 4.69) is 39.5 Å². The molecule has 0 saturated carbocycles. The molecular weight excluding hydrogens is 354 g/mol. The van der Waals surface area contributed by atoms with Gasteiger partial charge in [-0.1, -0.05) is 12.1 Å². The summed E-state index contributed by atoms with van der Waals surface area (Å²) in [4.78, 5) is 11.1. The van der Waals surface area contributed by atoms with Gasteiger partial charge in [-0.15, -0.1) is 0 Å². The SMILES string of the molecule is CN(C)c1ccc(-c2nc3cnccn3c2Nc2ccc3c(c2)OCO3)cc1. The van der Waals surface area contributed by atoms with E-state index in [1.807, 2.05) is 42.9 Å². The monoisotopic (exact) mass is 373 g/mol. The number of fused-ring (bicyclic) bond motifs is 2. The smallest absolute Gasteiger partial charge is 0.231 e. The molecule has 0 unspecified atom stereocenters. The van der Waals surface area contributed by atoms with Crippen molar-refractivity contribution in [3.8, 4) is 22.8 Å². The molecule has 2 aromatic heterocycles. The second-order valence-electron chi connectivity index (χ2n) is 6.75. The maximum Gasteiger partial charge on any atom is 0.231 e. The van der Waals surface area contributed by atoms with Gasteiger partial charge in [-0.3, -0.25) is 9.38 Å². The molecule has 0 amide bonds. The molecule has 0 fully saturated rings. The lowest BCUT2D eigenvalue weighted by atomic mass is 10.1. The van der Waals surface area contributed by atoms with Gasteiger partial charge in [0.1, 0.15) is 11.5 Å². The van der Waals surface area contributed by atoms with Gasteiger partial charge in [0.2, 0.25) is 6.79 Å². The number of hydrogen-bond acceptors (Lipinski definition) is 6. The summed E-state index contributed by atoms with van der Waals surface area (Å²) in [5.41, 5.74) is 4.69. The van der Waals surface area contributed by atoms with Gasteiger partial charge in [-0.2, -0.15) is 0 Å². The van der Waals surface area contributed by atoms with E-state index in [0.29, 0.717) is 0 Å². The van der Waals surface area contributed by atoms with Crippen molar-refractivity contribution in [3.63, 3.8) is 0 Å². The summed E-state index contributed by atoms with van der Waals surface area (Å²) >= 11 is 0. The highest BCUT2D eigenvalue weighted by Crippen LogP contribution is 2.37. The molecule has 0 aliphatic carbocycles. The van der Waals surface area contributed by atoms with Gasteiger partial charge >= 0.3 is 0 Å². The Kier molecular flexibility index (Phi) is 3.79. The first-order valence-electron chi connectivity index (χ1n) is 8.95. The van der Waals surface area contributed by atoms with Gasteiger partial charge in [-0.25, -0.2) is 4.98 Å². The zero-order chi connectivity index (χ0) is 19.1. The molecule has 140 valence electrons. The maximum atomic E-state index is 5.50. The predicted molar refractivity (Wildman–Crippen MR) is 109 cm³/mol. The van der Waals surface area contributed by atoms with Gasteiger partial charge in [0, 0.05) is 49.5 Å². The van der Waals surface area contributed by atoms with Crippen LogP contribution in [0.15, 0.2) is 61.1 Å². The Bertz CT molecular complexity index is 1150. The lowest BCUT2D eigenvalue weighted by Gasteiger charge is -2.13. The molecule has 2 aromatic carbocycles. The quantitative estimate of drug-likeness (QED) is 0.585. The largest absolute Gasteiger partial charge is 0.454 e. The van der Waals surface area contributed by atoms with Crippen molar-refractivity contribution in [1.82, 2.24) is 14.4 Å². The van der Waals surface area contributed by atoms with Gasteiger partial charge in [0.25, 0.3) is 0 Å². The van der Waals surface area contributed by atoms with Crippen LogP contribution >= 0.6 is 0 Å². The zero-order valence-electron chi connectivity index (χ0n) is 15.6. The fourth-order valence-electron chi connectivity index (χ4n) is 3.26. The molecule has 1 N–H and O–H groups in total. The van der Waals surface area contributed by atoms with Crippen LogP contribution in [0, 0.1) is 0 Å². The Balaban J connectivity index is 1.60. The van der Waals surface area contributed by atoms with Gasteiger partial charge in [0.05, 0.1) is 6.20 Å². The highest BCUT2D eigenvalue weighted by atomic mass is 16.7. The van der Waals surface area contributed by atoms with Crippen LogP contribution in [0.25, 0.3) is 16.9 Å². The molecule has 1 aliphatic heterocycles. The molecule has 0 atom stereocenters. The van der Waals surface area contributed by atoms with E-state index < -0.39 is 0 Å². The number of nitrogens with zero attached hydrogens (tertiary/aromatic N) is 4. The van der Waals surface area contributed by atoms with E-state index in [4.69, 9.17) is 14.5 Å². The molecule has 3 heterocycles. The van der Waals surface area contributed by atoms with E-state index in [-0.39, 0.29) is 6.79 Å². The molecule has 0 radical (unpaired) electrons. The highest BCUT2D eigenvalue weighted by molar-refractivity contribution is 5.80. The maximum absolute atomic E-state index is 5.50. The number of imidazole rings is 1. The van der Waals surface area contributed by atoms with Crippen LogP contribution in [0.5, 0.6) is 11.5 Å². The van der Waals surface area contributed by atoms with Crippen LogP contribution in [0.3, 0.4) is 0 Å². The normalized spacial score (nSPS) is 12.4. The van der Waals surface area contributed by atoms with Crippen LogP contribution in [0.1, 0.15) is 0 Å².